The molecule has 112 valence electrons. The Labute approximate surface area is 136 Å². The summed E-state index contributed by atoms with van der Waals surface area (Å²) in [7, 11) is 2.08. The van der Waals surface area contributed by atoms with Crippen LogP contribution in [-0.2, 0) is 0 Å². The molecular weight excluding hydrogens is 303 g/mol. The summed E-state index contributed by atoms with van der Waals surface area (Å²) < 4.78 is 0. The van der Waals surface area contributed by atoms with Gasteiger partial charge in [0.05, 0.1) is 0 Å². The van der Waals surface area contributed by atoms with Crippen LogP contribution in [0.5, 0.6) is 0 Å². The van der Waals surface area contributed by atoms with Crippen LogP contribution in [0.2, 0.25) is 10.0 Å². The van der Waals surface area contributed by atoms with Gasteiger partial charge in [0.1, 0.15) is 0 Å². The van der Waals surface area contributed by atoms with Crippen LogP contribution in [0.25, 0.3) is 0 Å². The molecule has 4 heteroatoms. The lowest BCUT2D eigenvalue weighted by molar-refractivity contribution is 0.190. The van der Waals surface area contributed by atoms with Crippen molar-refractivity contribution < 1.29 is 0 Å². The van der Waals surface area contributed by atoms with Crippen LogP contribution in [0.3, 0.4) is 0 Å². The van der Waals surface area contributed by atoms with Crippen LogP contribution in [0.15, 0.2) is 48.5 Å². The van der Waals surface area contributed by atoms with Crippen LogP contribution >= 0.6 is 23.2 Å². The van der Waals surface area contributed by atoms with E-state index >= 15 is 0 Å². The third kappa shape index (κ3) is 3.98. The Morgan fingerprint density at radius 3 is 2.24 bits per heavy atom. The Morgan fingerprint density at radius 1 is 1.00 bits per heavy atom. The van der Waals surface area contributed by atoms with Gasteiger partial charge in [-0.15, -0.1) is 0 Å². The molecule has 2 rings (SSSR count). The molecule has 2 nitrogen and oxygen atoms in total. The van der Waals surface area contributed by atoms with E-state index in [1.54, 1.807) is 0 Å². The molecule has 21 heavy (non-hydrogen) atoms. The van der Waals surface area contributed by atoms with Gasteiger partial charge < -0.3 is 5.73 Å². The molecule has 0 radical (unpaired) electrons. The van der Waals surface area contributed by atoms with E-state index in [1.807, 2.05) is 42.5 Å². The summed E-state index contributed by atoms with van der Waals surface area (Å²) in [4.78, 5) is 2.26. The van der Waals surface area contributed by atoms with Gasteiger partial charge in [-0.05, 0) is 49.4 Å². The minimum atomic E-state index is 0.135. The molecular formula is C17H20Cl2N2. The van der Waals surface area contributed by atoms with Gasteiger partial charge in [0.25, 0.3) is 0 Å². The third-order valence-electron chi connectivity index (χ3n) is 3.91. The molecule has 2 unspecified atom stereocenters. The number of rotatable bonds is 5. The fourth-order valence-corrected chi connectivity index (χ4v) is 2.82. The summed E-state index contributed by atoms with van der Waals surface area (Å²) in [5.74, 6) is 0. The van der Waals surface area contributed by atoms with E-state index in [1.165, 1.54) is 11.1 Å². The van der Waals surface area contributed by atoms with Crippen molar-refractivity contribution in [2.24, 2.45) is 5.73 Å². The maximum Gasteiger partial charge on any atom is 0.0473 e. The Hall–Kier alpha value is -1.06. The van der Waals surface area contributed by atoms with Crippen LogP contribution in [0, 0.1) is 0 Å². The molecule has 0 spiro atoms. The van der Waals surface area contributed by atoms with Gasteiger partial charge in [0.2, 0.25) is 0 Å². The maximum absolute atomic E-state index is 6.08. The number of halogens is 2. The Balaban J connectivity index is 2.23. The second-order valence-electron chi connectivity index (χ2n) is 5.20. The van der Waals surface area contributed by atoms with Crippen LogP contribution in [0.4, 0.5) is 0 Å². The van der Waals surface area contributed by atoms with Crippen LogP contribution < -0.4 is 5.73 Å². The first kappa shape index (κ1) is 16.3. The molecule has 0 saturated carbocycles. The highest BCUT2D eigenvalue weighted by molar-refractivity contribution is 6.30. The van der Waals surface area contributed by atoms with Crippen molar-refractivity contribution in [3.05, 3.63) is 69.7 Å². The maximum atomic E-state index is 6.08. The smallest absolute Gasteiger partial charge is 0.0473 e. The SMILES string of the molecule is CC(c1cccc(Cl)c1)N(C)C(CN)c1ccc(Cl)cc1. The zero-order valence-electron chi connectivity index (χ0n) is 12.3. The van der Waals surface area contributed by atoms with Crippen molar-refractivity contribution in [3.63, 3.8) is 0 Å². The fourth-order valence-electron chi connectivity index (χ4n) is 2.49. The van der Waals surface area contributed by atoms with Gasteiger partial charge in [-0.3, -0.25) is 4.90 Å². The predicted molar refractivity (Wildman–Crippen MR) is 90.9 cm³/mol. The molecule has 2 atom stereocenters. The molecule has 0 fully saturated rings. The Morgan fingerprint density at radius 2 is 1.67 bits per heavy atom. The second-order valence-corrected chi connectivity index (χ2v) is 6.07. The molecule has 0 heterocycles. The van der Waals surface area contributed by atoms with E-state index < -0.39 is 0 Å². The van der Waals surface area contributed by atoms with Crippen molar-refractivity contribution >= 4 is 23.2 Å². The zero-order chi connectivity index (χ0) is 15.4. The number of hydrogen-bond acceptors (Lipinski definition) is 2. The average Bonchev–Trinajstić information content (AvgIpc) is 2.49. The van der Waals surface area contributed by atoms with E-state index in [4.69, 9.17) is 28.9 Å². The van der Waals surface area contributed by atoms with Crippen molar-refractivity contribution in [2.75, 3.05) is 13.6 Å². The largest absolute Gasteiger partial charge is 0.329 e. The minimum absolute atomic E-state index is 0.135. The molecule has 0 saturated heterocycles. The van der Waals surface area contributed by atoms with Crippen molar-refractivity contribution in [2.45, 2.75) is 19.0 Å². The van der Waals surface area contributed by atoms with E-state index in [0.717, 1.165) is 10.0 Å². The zero-order valence-corrected chi connectivity index (χ0v) is 13.8. The van der Waals surface area contributed by atoms with Gasteiger partial charge in [0.15, 0.2) is 0 Å². The lowest BCUT2D eigenvalue weighted by Crippen LogP contribution is -2.32. The second kappa shape index (κ2) is 7.28. The third-order valence-corrected chi connectivity index (χ3v) is 4.40. The monoisotopic (exact) mass is 322 g/mol. The highest BCUT2D eigenvalue weighted by Crippen LogP contribution is 2.29. The van der Waals surface area contributed by atoms with Gasteiger partial charge in [-0.25, -0.2) is 0 Å². The van der Waals surface area contributed by atoms with Gasteiger partial charge >= 0.3 is 0 Å². The topological polar surface area (TPSA) is 29.3 Å². The summed E-state index contributed by atoms with van der Waals surface area (Å²) in [5.41, 5.74) is 8.33. The molecule has 0 amide bonds. The lowest BCUT2D eigenvalue weighted by Gasteiger charge is -2.33. The number of nitrogens with zero attached hydrogens (tertiary/aromatic N) is 1. The van der Waals surface area contributed by atoms with E-state index in [0.29, 0.717) is 6.54 Å². The molecule has 0 aromatic heterocycles. The molecule has 2 aromatic carbocycles. The summed E-state index contributed by atoms with van der Waals surface area (Å²) in [6.07, 6.45) is 0. The highest BCUT2D eigenvalue weighted by atomic mass is 35.5. The summed E-state index contributed by atoms with van der Waals surface area (Å²) in [5, 5.41) is 1.49. The van der Waals surface area contributed by atoms with Crippen LogP contribution in [-0.4, -0.2) is 18.5 Å². The number of nitrogens with two attached hydrogens (primary N) is 1. The van der Waals surface area contributed by atoms with Crippen molar-refractivity contribution in [1.29, 1.82) is 0 Å². The van der Waals surface area contributed by atoms with Gasteiger partial charge in [-0.2, -0.15) is 0 Å². The van der Waals surface area contributed by atoms with Gasteiger partial charge in [0, 0.05) is 28.7 Å². The van der Waals surface area contributed by atoms with Crippen molar-refractivity contribution in [3.8, 4) is 0 Å². The van der Waals surface area contributed by atoms with Crippen molar-refractivity contribution in [1.82, 2.24) is 4.90 Å². The standard InChI is InChI=1S/C17H20Cl2N2/c1-12(14-4-3-5-16(19)10-14)21(2)17(11-20)13-6-8-15(18)9-7-13/h3-10,12,17H,11,20H2,1-2H3. The first-order valence-corrected chi connectivity index (χ1v) is 7.71. The molecule has 2 aromatic rings. The predicted octanol–water partition coefficient (Wildman–Crippen LogP) is 4.69. The summed E-state index contributed by atoms with van der Waals surface area (Å²) >= 11 is 12.0. The minimum Gasteiger partial charge on any atom is -0.329 e. The van der Waals surface area contributed by atoms with E-state index in [-0.39, 0.29) is 12.1 Å². The summed E-state index contributed by atoms with van der Waals surface area (Å²) in [6.45, 7) is 2.70. The molecule has 0 bridgehead atoms. The number of hydrogen-bond donors (Lipinski definition) is 1. The van der Waals surface area contributed by atoms with Crippen LogP contribution in [0.1, 0.15) is 30.1 Å². The summed E-state index contributed by atoms with van der Waals surface area (Å²) in [6, 6.07) is 16.2. The average molecular weight is 323 g/mol. The number of benzene rings is 2. The highest BCUT2D eigenvalue weighted by Gasteiger charge is 2.21. The number of likely N-dealkylation sites (N-methyl/N-ethyl adjacent to an activating group) is 1. The molecule has 0 aliphatic carbocycles. The molecule has 2 N–H and O–H groups in total. The Kier molecular flexibility index (Phi) is 5.65. The van der Waals surface area contributed by atoms with E-state index in [2.05, 4.69) is 24.9 Å². The normalized spacial score (nSPS) is 14.2. The van der Waals surface area contributed by atoms with E-state index in [9.17, 15) is 0 Å². The van der Waals surface area contributed by atoms with Gasteiger partial charge in [-0.1, -0.05) is 47.5 Å². The fraction of sp³-hybridized carbons (Fsp3) is 0.294. The molecule has 0 aliphatic heterocycles. The molecule has 0 aliphatic rings. The first-order chi connectivity index (χ1) is 10.0. The quantitative estimate of drug-likeness (QED) is 0.865. The Bertz CT molecular complexity index is 584. The lowest BCUT2D eigenvalue weighted by atomic mass is 10.0. The first-order valence-electron chi connectivity index (χ1n) is 6.96.